The first-order chi connectivity index (χ1) is 14.4. The fraction of sp³-hybridized carbons (Fsp3) is 0.650. The molecule has 1 aliphatic heterocycles. The smallest absolute Gasteiger partial charge is 0.211 e. The minimum Gasteiger partial charge on any atom is -0.497 e. The summed E-state index contributed by atoms with van der Waals surface area (Å²) in [6, 6.07) is 6.16. The molecule has 1 atom stereocenters. The van der Waals surface area contributed by atoms with Crippen molar-refractivity contribution in [3.8, 4) is 11.5 Å². The molecule has 178 valence electrons. The van der Waals surface area contributed by atoms with Crippen molar-refractivity contribution >= 4 is 45.6 Å². The summed E-state index contributed by atoms with van der Waals surface area (Å²) in [4.78, 5) is 6.87. The van der Waals surface area contributed by atoms with Gasteiger partial charge in [0.05, 0.1) is 20.0 Å². The lowest BCUT2D eigenvalue weighted by Crippen LogP contribution is -2.44. The van der Waals surface area contributed by atoms with Gasteiger partial charge in [0.25, 0.3) is 0 Å². The van der Waals surface area contributed by atoms with E-state index >= 15 is 0 Å². The molecule has 0 saturated carbocycles. The van der Waals surface area contributed by atoms with Crippen LogP contribution >= 0.6 is 24.0 Å². The van der Waals surface area contributed by atoms with Crippen LogP contribution < -0.4 is 29.7 Å². The monoisotopic (exact) mass is 569 g/mol. The molecule has 1 heterocycles. The van der Waals surface area contributed by atoms with E-state index in [9.17, 15) is 8.42 Å². The van der Waals surface area contributed by atoms with Gasteiger partial charge in [0.1, 0.15) is 11.5 Å². The van der Waals surface area contributed by atoms with Gasteiger partial charge in [-0.1, -0.05) is 0 Å². The van der Waals surface area contributed by atoms with Crippen molar-refractivity contribution in [1.82, 2.24) is 15.4 Å². The molecule has 2 rings (SSSR count). The van der Waals surface area contributed by atoms with Crippen LogP contribution in [0.3, 0.4) is 0 Å². The van der Waals surface area contributed by atoms with Crippen LogP contribution in [0.15, 0.2) is 23.2 Å². The number of anilines is 1. The zero-order chi connectivity index (χ0) is 22.0. The van der Waals surface area contributed by atoms with Crippen molar-refractivity contribution in [1.29, 1.82) is 0 Å². The molecular weight excluding hydrogens is 533 g/mol. The largest absolute Gasteiger partial charge is 0.497 e. The maximum Gasteiger partial charge on any atom is 0.211 e. The van der Waals surface area contributed by atoms with Gasteiger partial charge < -0.3 is 25.0 Å². The Balaban J connectivity index is 0.00000480. The third-order valence-corrected chi connectivity index (χ3v) is 6.29. The van der Waals surface area contributed by atoms with Gasteiger partial charge in [0.15, 0.2) is 5.96 Å². The minimum absolute atomic E-state index is 0. The molecule has 0 aromatic heterocycles. The maximum absolute atomic E-state index is 11.5. The van der Waals surface area contributed by atoms with E-state index in [0.29, 0.717) is 19.5 Å². The summed E-state index contributed by atoms with van der Waals surface area (Å²) in [6.07, 6.45) is 1.64. The van der Waals surface area contributed by atoms with Crippen LogP contribution in [0.25, 0.3) is 0 Å². The van der Waals surface area contributed by atoms with Crippen molar-refractivity contribution in [2.75, 3.05) is 57.6 Å². The SMILES string of the molecule is CCNC(=NCCCNS(=O)(=O)CC)NC1CCN(c2cc(OC)cc(OC)c2)C1.I. The van der Waals surface area contributed by atoms with Gasteiger partial charge in [-0.15, -0.1) is 24.0 Å². The van der Waals surface area contributed by atoms with E-state index in [-0.39, 0.29) is 35.8 Å². The Labute approximate surface area is 203 Å². The molecule has 31 heavy (non-hydrogen) atoms. The average molecular weight is 570 g/mol. The van der Waals surface area contributed by atoms with E-state index in [2.05, 4.69) is 25.2 Å². The number of nitrogens with one attached hydrogen (secondary N) is 3. The number of hydrogen-bond donors (Lipinski definition) is 3. The second-order valence-electron chi connectivity index (χ2n) is 7.06. The van der Waals surface area contributed by atoms with Gasteiger partial charge in [0.2, 0.25) is 10.0 Å². The Morgan fingerprint density at radius 3 is 2.45 bits per heavy atom. The van der Waals surface area contributed by atoms with Crippen LogP contribution in [0.5, 0.6) is 11.5 Å². The molecule has 1 aromatic carbocycles. The van der Waals surface area contributed by atoms with Gasteiger partial charge in [-0.05, 0) is 26.7 Å². The van der Waals surface area contributed by atoms with Crippen LogP contribution in [-0.4, -0.2) is 73.1 Å². The first-order valence-electron chi connectivity index (χ1n) is 10.4. The normalized spacial score (nSPS) is 16.6. The van der Waals surface area contributed by atoms with Crippen LogP contribution in [-0.2, 0) is 10.0 Å². The summed E-state index contributed by atoms with van der Waals surface area (Å²) >= 11 is 0. The van der Waals surface area contributed by atoms with Crippen LogP contribution in [0.2, 0.25) is 0 Å². The van der Waals surface area contributed by atoms with Gasteiger partial charge in [-0.3, -0.25) is 4.99 Å². The summed E-state index contributed by atoms with van der Waals surface area (Å²) in [5, 5.41) is 6.75. The fourth-order valence-corrected chi connectivity index (χ4v) is 3.86. The van der Waals surface area contributed by atoms with Crippen LogP contribution in [0, 0.1) is 0 Å². The third-order valence-electron chi connectivity index (χ3n) is 4.88. The standard InChI is InChI=1S/C20H35N5O4S.HI/c1-5-21-20(22-9-7-10-23-30(26,27)6-2)24-16-8-11-25(15-16)17-12-18(28-3)14-19(13-17)29-4;/h12-14,16,23H,5-11,15H2,1-4H3,(H2,21,22,24);1H. The number of aliphatic imine (C=N–C) groups is 1. The van der Waals surface area contributed by atoms with Crippen molar-refractivity contribution in [3.05, 3.63) is 18.2 Å². The van der Waals surface area contributed by atoms with Crippen molar-refractivity contribution in [2.45, 2.75) is 32.7 Å². The molecule has 1 fully saturated rings. The van der Waals surface area contributed by atoms with E-state index < -0.39 is 10.0 Å². The minimum atomic E-state index is -3.14. The number of nitrogens with zero attached hydrogens (tertiary/aromatic N) is 2. The lowest BCUT2D eigenvalue weighted by molar-refractivity contribution is 0.394. The number of methoxy groups -OCH3 is 2. The topological polar surface area (TPSA) is 104 Å². The number of ether oxygens (including phenoxy) is 2. The molecule has 1 aromatic rings. The first-order valence-corrected chi connectivity index (χ1v) is 12.1. The van der Waals surface area contributed by atoms with E-state index in [0.717, 1.165) is 49.2 Å². The zero-order valence-electron chi connectivity index (χ0n) is 18.8. The van der Waals surface area contributed by atoms with E-state index in [4.69, 9.17) is 9.47 Å². The van der Waals surface area contributed by atoms with Crippen molar-refractivity contribution < 1.29 is 17.9 Å². The van der Waals surface area contributed by atoms with Gasteiger partial charge in [-0.2, -0.15) is 0 Å². The Hall–Kier alpha value is -1.47. The second kappa shape index (κ2) is 13.8. The number of rotatable bonds is 11. The van der Waals surface area contributed by atoms with Crippen LogP contribution in [0.4, 0.5) is 5.69 Å². The maximum atomic E-state index is 11.5. The quantitative estimate of drug-likeness (QED) is 0.162. The Kier molecular flexibility index (Phi) is 12.3. The molecule has 0 radical (unpaired) electrons. The predicted molar refractivity (Wildman–Crippen MR) is 137 cm³/mol. The molecule has 1 saturated heterocycles. The Morgan fingerprint density at radius 2 is 1.87 bits per heavy atom. The third kappa shape index (κ3) is 9.27. The summed E-state index contributed by atoms with van der Waals surface area (Å²) in [7, 11) is 0.159. The summed E-state index contributed by atoms with van der Waals surface area (Å²) in [5.74, 6) is 2.40. The molecule has 0 bridgehead atoms. The highest BCUT2D eigenvalue weighted by molar-refractivity contribution is 14.0. The number of guanidine groups is 1. The highest BCUT2D eigenvalue weighted by atomic mass is 127. The molecule has 1 unspecified atom stereocenters. The number of halogens is 1. The highest BCUT2D eigenvalue weighted by Gasteiger charge is 2.24. The van der Waals surface area contributed by atoms with E-state index in [1.54, 1.807) is 21.1 Å². The molecule has 9 nitrogen and oxygen atoms in total. The van der Waals surface area contributed by atoms with Gasteiger partial charge in [0, 0.05) is 62.7 Å². The second-order valence-corrected chi connectivity index (χ2v) is 9.15. The number of hydrogen-bond acceptors (Lipinski definition) is 6. The molecule has 3 N–H and O–H groups in total. The summed E-state index contributed by atoms with van der Waals surface area (Å²) < 4.78 is 36.3. The number of sulfonamides is 1. The summed E-state index contributed by atoms with van der Waals surface area (Å²) in [5.41, 5.74) is 1.07. The first kappa shape index (κ1) is 27.6. The summed E-state index contributed by atoms with van der Waals surface area (Å²) in [6.45, 7) is 7.12. The van der Waals surface area contributed by atoms with Gasteiger partial charge >= 0.3 is 0 Å². The predicted octanol–water partition coefficient (Wildman–Crippen LogP) is 1.79. The Bertz CT molecular complexity index is 785. The molecule has 0 amide bonds. The van der Waals surface area contributed by atoms with Crippen molar-refractivity contribution in [3.63, 3.8) is 0 Å². The van der Waals surface area contributed by atoms with Crippen molar-refractivity contribution in [2.24, 2.45) is 4.99 Å². The molecular formula is C20H36IN5O4S. The average Bonchev–Trinajstić information content (AvgIpc) is 3.21. The molecule has 11 heteroatoms. The van der Waals surface area contributed by atoms with E-state index in [1.807, 2.05) is 25.1 Å². The Morgan fingerprint density at radius 1 is 1.19 bits per heavy atom. The zero-order valence-corrected chi connectivity index (χ0v) is 22.0. The van der Waals surface area contributed by atoms with E-state index in [1.165, 1.54) is 0 Å². The highest BCUT2D eigenvalue weighted by Crippen LogP contribution is 2.30. The van der Waals surface area contributed by atoms with Gasteiger partial charge in [-0.25, -0.2) is 13.1 Å². The lowest BCUT2D eigenvalue weighted by Gasteiger charge is -2.21. The number of benzene rings is 1. The van der Waals surface area contributed by atoms with Crippen LogP contribution in [0.1, 0.15) is 26.7 Å². The lowest BCUT2D eigenvalue weighted by atomic mass is 10.2. The molecule has 1 aliphatic rings. The fourth-order valence-electron chi connectivity index (χ4n) is 3.20. The molecule has 0 aliphatic carbocycles. The molecule has 0 spiro atoms.